The highest BCUT2D eigenvalue weighted by molar-refractivity contribution is 5.89. The van der Waals surface area contributed by atoms with Crippen molar-refractivity contribution in [3.8, 4) is 23.3 Å². The number of amides is 1. The second-order valence-electron chi connectivity index (χ2n) is 11.5. The lowest BCUT2D eigenvalue weighted by atomic mass is 9.98. The van der Waals surface area contributed by atoms with E-state index >= 15 is 0 Å². The number of carbonyl (C=O) groups is 1. The highest BCUT2D eigenvalue weighted by Crippen LogP contribution is 2.35. The summed E-state index contributed by atoms with van der Waals surface area (Å²) in [4.78, 5) is 26.1. The van der Waals surface area contributed by atoms with Gasteiger partial charge in [-0.25, -0.2) is 14.4 Å². The summed E-state index contributed by atoms with van der Waals surface area (Å²) in [5.74, 6) is 7.85. The summed E-state index contributed by atoms with van der Waals surface area (Å²) in [7, 11) is 0. The SMILES string of the molecule is O=C(NCC1=C(F)CCC=N1)C1C#CCOC(CCNCCc2nc3cc4c(cc3n2CCOC2CCCCC2)OCCO4)=N1. The van der Waals surface area contributed by atoms with Gasteiger partial charge >= 0.3 is 0 Å². The maximum Gasteiger partial charge on any atom is 0.257 e. The van der Waals surface area contributed by atoms with Crippen LogP contribution in [0.3, 0.4) is 0 Å². The molecule has 12 heteroatoms. The predicted molar refractivity (Wildman–Crippen MR) is 169 cm³/mol. The van der Waals surface area contributed by atoms with Crippen LogP contribution < -0.4 is 20.1 Å². The molecule has 2 aromatic rings. The topological polar surface area (TPSA) is 121 Å². The van der Waals surface area contributed by atoms with Crippen molar-refractivity contribution in [1.29, 1.82) is 0 Å². The molecule has 3 aliphatic heterocycles. The zero-order chi connectivity index (χ0) is 30.8. The Morgan fingerprint density at radius 2 is 1.91 bits per heavy atom. The highest BCUT2D eigenvalue weighted by Gasteiger charge is 2.21. The van der Waals surface area contributed by atoms with E-state index in [1.807, 2.05) is 12.1 Å². The standard InChI is InChI=1S/C33H41FN6O5/c34-24-8-4-12-36-27(24)22-37-33(41)25-9-5-16-45-32(39-25)11-14-35-13-10-31-38-26-20-29-30(44-19-18-43-29)21-28(26)40(31)15-17-42-23-6-2-1-3-7-23/h12,20-21,23,25,35H,1-4,6-8,10-11,13-19,22H2,(H,37,41). The van der Waals surface area contributed by atoms with E-state index in [0.717, 1.165) is 41.2 Å². The van der Waals surface area contributed by atoms with Crippen LogP contribution in [0.4, 0.5) is 4.39 Å². The van der Waals surface area contributed by atoms with Crippen molar-refractivity contribution in [2.45, 2.75) is 76.5 Å². The summed E-state index contributed by atoms with van der Waals surface area (Å²) in [6.07, 6.45) is 10.1. The Kier molecular flexibility index (Phi) is 10.6. The summed E-state index contributed by atoms with van der Waals surface area (Å²) in [6.45, 7) is 3.88. The first-order valence-electron chi connectivity index (χ1n) is 16.1. The molecule has 1 amide bonds. The molecule has 1 saturated carbocycles. The van der Waals surface area contributed by atoms with Crippen LogP contribution in [0, 0.1) is 11.8 Å². The van der Waals surface area contributed by atoms with Crippen LogP contribution in [0.15, 0.2) is 33.6 Å². The minimum atomic E-state index is -0.909. The van der Waals surface area contributed by atoms with E-state index in [4.69, 9.17) is 23.9 Å². The molecular weight excluding hydrogens is 579 g/mol. The lowest BCUT2D eigenvalue weighted by Crippen LogP contribution is -2.35. The Bertz CT molecular complexity index is 1520. The largest absolute Gasteiger partial charge is 0.486 e. The first-order valence-corrected chi connectivity index (χ1v) is 16.1. The van der Waals surface area contributed by atoms with Crippen LogP contribution in [0.2, 0.25) is 0 Å². The number of hydrogen-bond donors (Lipinski definition) is 2. The van der Waals surface area contributed by atoms with Crippen LogP contribution in [0.5, 0.6) is 11.5 Å². The quantitative estimate of drug-likeness (QED) is 0.259. The number of imidazole rings is 1. The number of fused-ring (bicyclic) bond motifs is 2. The number of ether oxygens (including phenoxy) is 4. The first-order chi connectivity index (χ1) is 22.1. The molecule has 1 fully saturated rings. The zero-order valence-electron chi connectivity index (χ0n) is 25.6. The molecule has 4 heterocycles. The predicted octanol–water partition coefficient (Wildman–Crippen LogP) is 3.64. The van der Waals surface area contributed by atoms with Crippen molar-refractivity contribution in [1.82, 2.24) is 20.2 Å². The Morgan fingerprint density at radius 1 is 1.09 bits per heavy atom. The van der Waals surface area contributed by atoms with E-state index < -0.39 is 11.9 Å². The van der Waals surface area contributed by atoms with E-state index in [2.05, 4.69) is 37.0 Å². The first kappa shape index (κ1) is 31.0. The Hall–Kier alpha value is -3.95. The molecule has 240 valence electrons. The molecule has 2 N–H and O–H groups in total. The number of aromatic nitrogens is 2. The smallest absolute Gasteiger partial charge is 0.257 e. The molecule has 1 aromatic heterocycles. The van der Waals surface area contributed by atoms with Crippen molar-refractivity contribution in [3.05, 3.63) is 29.5 Å². The van der Waals surface area contributed by atoms with E-state index in [1.165, 1.54) is 19.3 Å². The van der Waals surface area contributed by atoms with Crippen LogP contribution >= 0.6 is 0 Å². The molecule has 0 spiro atoms. The summed E-state index contributed by atoms with van der Waals surface area (Å²) >= 11 is 0. The van der Waals surface area contributed by atoms with Gasteiger partial charge in [-0.15, -0.1) is 0 Å². The molecular formula is C33H41FN6O5. The third-order valence-corrected chi connectivity index (χ3v) is 8.31. The van der Waals surface area contributed by atoms with Gasteiger partial charge in [0.1, 0.15) is 24.9 Å². The van der Waals surface area contributed by atoms with Crippen molar-refractivity contribution in [2.24, 2.45) is 9.98 Å². The monoisotopic (exact) mass is 620 g/mol. The maximum absolute atomic E-state index is 14.0. The average molecular weight is 621 g/mol. The molecule has 1 aromatic carbocycles. The third-order valence-electron chi connectivity index (χ3n) is 8.31. The summed E-state index contributed by atoms with van der Waals surface area (Å²) in [5, 5.41) is 6.15. The van der Waals surface area contributed by atoms with Gasteiger partial charge in [0.05, 0.1) is 36.0 Å². The van der Waals surface area contributed by atoms with E-state index in [9.17, 15) is 9.18 Å². The molecule has 45 heavy (non-hydrogen) atoms. The number of carbonyl (C=O) groups excluding carboxylic acids is 1. The van der Waals surface area contributed by atoms with E-state index in [1.54, 1.807) is 6.21 Å². The van der Waals surface area contributed by atoms with Crippen molar-refractivity contribution < 1.29 is 28.1 Å². The average Bonchev–Trinajstić information content (AvgIpc) is 3.22. The fourth-order valence-corrected chi connectivity index (χ4v) is 5.94. The van der Waals surface area contributed by atoms with E-state index in [0.29, 0.717) is 77.1 Å². The van der Waals surface area contributed by atoms with Gasteiger partial charge in [-0.2, -0.15) is 0 Å². The summed E-state index contributed by atoms with van der Waals surface area (Å²) in [5.41, 5.74) is 2.14. The molecule has 0 bridgehead atoms. The van der Waals surface area contributed by atoms with Gasteiger partial charge in [-0.3, -0.25) is 9.79 Å². The second-order valence-corrected chi connectivity index (χ2v) is 11.5. The highest BCUT2D eigenvalue weighted by atomic mass is 19.1. The van der Waals surface area contributed by atoms with Crippen LogP contribution in [-0.4, -0.2) is 85.8 Å². The Labute approximate surface area is 262 Å². The Morgan fingerprint density at radius 3 is 2.76 bits per heavy atom. The van der Waals surface area contributed by atoms with Gasteiger partial charge in [-0.05, 0) is 19.3 Å². The molecule has 1 atom stereocenters. The lowest BCUT2D eigenvalue weighted by molar-refractivity contribution is -0.120. The minimum Gasteiger partial charge on any atom is -0.486 e. The lowest BCUT2D eigenvalue weighted by Gasteiger charge is -2.22. The molecule has 6 rings (SSSR count). The minimum absolute atomic E-state index is 0.00671. The number of nitrogens with one attached hydrogen (secondary N) is 2. The normalized spacial score (nSPS) is 19.8. The van der Waals surface area contributed by atoms with Gasteiger partial charge in [0.2, 0.25) is 0 Å². The maximum atomic E-state index is 14.0. The number of benzene rings is 1. The van der Waals surface area contributed by atoms with Gasteiger partial charge in [0, 0.05) is 57.2 Å². The van der Waals surface area contributed by atoms with E-state index in [-0.39, 0.29) is 24.7 Å². The molecule has 11 nitrogen and oxygen atoms in total. The van der Waals surface area contributed by atoms with Crippen LogP contribution in [-0.2, 0) is 27.2 Å². The second kappa shape index (κ2) is 15.4. The van der Waals surface area contributed by atoms with Crippen molar-refractivity contribution in [3.63, 3.8) is 0 Å². The molecule has 0 radical (unpaired) electrons. The third kappa shape index (κ3) is 8.21. The number of aliphatic imine (C=N–C) groups is 2. The molecule has 0 saturated heterocycles. The molecule has 4 aliphatic rings. The summed E-state index contributed by atoms with van der Waals surface area (Å²) < 4.78 is 39.8. The number of halogens is 1. The number of nitrogens with zero attached hydrogens (tertiary/aromatic N) is 4. The number of rotatable bonds is 13. The van der Waals surface area contributed by atoms with Crippen LogP contribution in [0.25, 0.3) is 11.0 Å². The van der Waals surface area contributed by atoms with Gasteiger partial charge in [-0.1, -0.05) is 31.1 Å². The number of allylic oxidation sites excluding steroid dienone is 1. The summed E-state index contributed by atoms with van der Waals surface area (Å²) in [6, 6.07) is 3.08. The van der Waals surface area contributed by atoms with Gasteiger partial charge in [0.15, 0.2) is 30.0 Å². The zero-order valence-corrected chi connectivity index (χ0v) is 25.6. The van der Waals surface area contributed by atoms with Crippen molar-refractivity contribution in [2.75, 3.05) is 46.1 Å². The van der Waals surface area contributed by atoms with Crippen molar-refractivity contribution >= 4 is 29.1 Å². The fraction of sp³-hybridized carbons (Fsp3) is 0.576. The van der Waals surface area contributed by atoms with Crippen LogP contribution in [0.1, 0.15) is 57.2 Å². The molecule has 1 aliphatic carbocycles. The van der Waals surface area contributed by atoms with Gasteiger partial charge < -0.3 is 34.1 Å². The fourth-order valence-electron chi connectivity index (χ4n) is 5.94. The molecule has 1 unspecified atom stereocenters. The van der Waals surface area contributed by atoms with Gasteiger partial charge in [0.25, 0.3) is 5.91 Å². The number of hydrogen-bond acceptors (Lipinski definition) is 9. The Balaban J connectivity index is 1.03.